The van der Waals surface area contributed by atoms with Crippen molar-refractivity contribution in [1.29, 1.82) is 0 Å². The molecule has 0 bridgehead atoms. The predicted molar refractivity (Wildman–Crippen MR) is 145 cm³/mol. The summed E-state index contributed by atoms with van der Waals surface area (Å²) in [6.07, 6.45) is 0. The van der Waals surface area contributed by atoms with Crippen LogP contribution < -0.4 is 9.64 Å². The third-order valence-corrected chi connectivity index (χ3v) is 8.39. The van der Waals surface area contributed by atoms with Gasteiger partial charge in [0, 0.05) is 50.4 Å². The van der Waals surface area contributed by atoms with Crippen molar-refractivity contribution in [3.63, 3.8) is 0 Å². The Morgan fingerprint density at radius 1 is 1.00 bits per heavy atom. The number of hydrogen-bond donors (Lipinski definition) is 0. The highest BCUT2D eigenvalue weighted by atomic mass is 35.5. The lowest BCUT2D eigenvalue weighted by Gasteiger charge is -2.36. The summed E-state index contributed by atoms with van der Waals surface area (Å²) in [6.45, 7) is 1.94. The van der Waals surface area contributed by atoms with Crippen LogP contribution in [-0.2, 0) is 19.6 Å². The molecule has 1 saturated heterocycles. The maximum atomic E-state index is 13.2. The molecule has 3 aromatic rings. The van der Waals surface area contributed by atoms with Gasteiger partial charge in [0.2, 0.25) is 15.9 Å². The van der Waals surface area contributed by atoms with E-state index in [1.807, 2.05) is 36.4 Å². The van der Waals surface area contributed by atoms with Gasteiger partial charge in [-0.15, -0.1) is 10.2 Å². The van der Waals surface area contributed by atoms with E-state index in [0.717, 1.165) is 27.1 Å². The van der Waals surface area contributed by atoms with E-state index in [1.54, 1.807) is 12.0 Å². The predicted octanol–water partition coefficient (Wildman–Crippen LogP) is 2.79. The molecule has 1 aromatic heterocycles. The number of nitrogens with zero attached hydrogens (tertiary/aromatic N) is 5. The van der Waals surface area contributed by atoms with Gasteiger partial charge >= 0.3 is 0 Å². The molecule has 10 nitrogen and oxygen atoms in total. The van der Waals surface area contributed by atoms with E-state index in [9.17, 15) is 13.2 Å². The monoisotopic (exact) mass is 559 g/mol. The topological polar surface area (TPSA) is 105 Å². The second-order valence-corrected chi connectivity index (χ2v) is 11.0. The van der Waals surface area contributed by atoms with Crippen LogP contribution in [0.4, 0.5) is 5.82 Å². The quantitative estimate of drug-likeness (QED) is 0.373. The summed E-state index contributed by atoms with van der Waals surface area (Å²) < 4.78 is 37.9. The molecule has 0 atom stereocenters. The number of aromatic nitrogens is 2. The molecule has 2 aromatic carbocycles. The fourth-order valence-corrected chi connectivity index (χ4v) is 5.60. The summed E-state index contributed by atoms with van der Waals surface area (Å²) in [7, 11) is -0.793. The molecule has 0 spiro atoms. The number of benzene rings is 2. The SMILES string of the molecule is COCCN(CC(=O)N1CCN(c2ccc(-c3cccc(OC)c3)nn2)CC1)S(=O)(=O)c1ccc(Cl)cc1. The van der Waals surface area contributed by atoms with Crippen molar-refractivity contribution in [2.75, 3.05) is 65.0 Å². The number of carbonyl (C=O) groups is 1. The molecule has 12 heteroatoms. The zero-order valence-electron chi connectivity index (χ0n) is 21.3. The van der Waals surface area contributed by atoms with E-state index >= 15 is 0 Å². The van der Waals surface area contributed by atoms with Crippen molar-refractivity contribution in [2.24, 2.45) is 0 Å². The largest absolute Gasteiger partial charge is 0.497 e. The molecule has 38 heavy (non-hydrogen) atoms. The smallest absolute Gasteiger partial charge is 0.243 e. The number of amides is 1. The van der Waals surface area contributed by atoms with Crippen LogP contribution in [0.2, 0.25) is 5.02 Å². The molecule has 4 rings (SSSR count). The van der Waals surface area contributed by atoms with Gasteiger partial charge in [-0.25, -0.2) is 8.42 Å². The molecule has 1 aliphatic rings. The maximum absolute atomic E-state index is 13.2. The highest BCUT2D eigenvalue weighted by Gasteiger charge is 2.30. The Morgan fingerprint density at radius 2 is 1.74 bits per heavy atom. The normalized spacial score (nSPS) is 14.1. The fraction of sp³-hybridized carbons (Fsp3) is 0.346. The first kappa shape index (κ1) is 27.8. The van der Waals surface area contributed by atoms with Crippen molar-refractivity contribution >= 4 is 33.3 Å². The Labute approximate surface area is 227 Å². The molecule has 0 N–H and O–H groups in total. The highest BCUT2D eigenvalue weighted by molar-refractivity contribution is 7.89. The van der Waals surface area contributed by atoms with Crippen molar-refractivity contribution < 1.29 is 22.7 Å². The molecule has 202 valence electrons. The summed E-state index contributed by atoms with van der Waals surface area (Å²) in [6, 6.07) is 17.3. The molecule has 0 radical (unpaired) electrons. The minimum Gasteiger partial charge on any atom is -0.497 e. The van der Waals surface area contributed by atoms with Gasteiger partial charge in [0.15, 0.2) is 5.82 Å². The van der Waals surface area contributed by atoms with Crippen LogP contribution in [0.1, 0.15) is 0 Å². The first-order chi connectivity index (χ1) is 18.3. The van der Waals surface area contributed by atoms with Crippen LogP contribution in [0.25, 0.3) is 11.3 Å². The number of ether oxygens (including phenoxy) is 2. The highest BCUT2D eigenvalue weighted by Crippen LogP contribution is 2.23. The van der Waals surface area contributed by atoms with Gasteiger partial charge in [-0.2, -0.15) is 4.31 Å². The summed E-state index contributed by atoms with van der Waals surface area (Å²) in [5.41, 5.74) is 1.64. The minimum atomic E-state index is -3.90. The second kappa shape index (κ2) is 12.5. The number of anilines is 1. The first-order valence-electron chi connectivity index (χ1n) is 12.1. The van der Waals surface area contributed by atoms with Crippen molar-refractivity contribution in [2.45, 2.75) is 4.90 Å². The number of methoxy groups -OCH3 is 2. The van der Waals surface area contributed by atoms with Crippen LogP contribution >= 0.6 is 11.6 Å². The van der Waals surface area contributed by atoms with E-state index in [4.69, 9.17) is 21.1 Å². The summed E-state index contributed by atoms with van der Waals surface area (Å²) >= 11 is 5.91. The number of carbonyl (C=O) groups excluding carboxylic acids is 1. The van der Waals surface area contributed by atoms with Crippen LogP contribution in [0.5, 0.6) is 5.75 Å². The number of hydrogen-bond acceptors (Lipinski definition) is 8. The average molecular weight is 560 g/mol. The van der Waals surface area contributed by atoms with E-state index < -0.39 is 10.0 Å². The Balaban J connectivity index is 1.37. The Hall–Kier alpha value is -3.25. The molecule has 1 amide bonds. The van der Waals surface area contributed by atoms with Crippen molar-refractivity contribution in [3.8, 4) is 17.0 Å². The summed E-state index contributed by atoms with van der Waals surface area (Å²) in [5.74, 6) is 1.20. The standard InChI is InChI=1S/C26H30ClN5O5S/c1-36-17-16-32(38(34,35)23-8-6-21(27)7-9-23)19-26(33)31-14-12-30(13-15-31)25-11-10-24(28-29-25)20-4-3-5-22(18-20)37-2/h3-11,18H,12-17,19H2,1-2H3. The molecule has 0 unspecified atom stereocenters. The zero-order chi connectivity index (χ0) is 27.1. The van der Waals surface area contributed by atoms with E-state index in [1.165, 1.54) is 31.4 Å². The molecule has 0 saturated carbocycles. The molecular weight excluding hydrogens is 530 g/mol. The van der Waals surface area contributed by atoms with Gasteiger partial charge in [-0.3, -0.25) is 4.79 Å². The van der Waals surface area contributed by atoms with Gasteiger partial charge in [0.05, 0.1) is 30.9 Å². The third kappa shape index (κ3) is 6.60. The minimum absolute atomic E-state index is 0.0579. The Morgan fingerprint density at radius 3 is 2.37 bits per heavy atom. The van der Waals surface area contributed by atoms with Gasteiger partial charge in [0.25, 0.3) is 0 Å². The molecule has 1 aliphatic heterocycles. The number of piperazine rings is 1. The average Bonchev–Trinajstić information content (AvgIpc) is 2.95. The first-order valence-corrected chi connectivity index (χ1v) is 13.9. The maximum Gasteiger partial charge on any atom is 0.243 e. The van der Waals surface area contributed by atoms with Crippen LogP contribution in [-0.4, -0.2) is 93.8 Å². The van der Waals surface area contributed by atoms with E-state index in [2.05, 4.69) is 15.1 Å². The van der Waals surface area contributed by atoms with Gasteiger partial charge in [-0.05, 0) is 48.5 Å². The second-order valence-electron chi connectivity index (χ2n) is 8.66. The third-order valence-electron chi connectivity index (χ3n) is 6.28. The van der Waals surface area contributed by atoms with Gasteiger partial charge in [-0.1, -0.05) is 23.7 Å². The lowest BCUT2D eigenvalue weighted by Crippen LogP contribution is -2.52. The van der Waals surface area contributed by atoms with E-state index in [0.29, 0.717) is 31.2 Å². The molecule has 0 aliphatic carbocycles. The van der Waals surface area contributed by atoms with Crippen molar-refractivity contribution in [3.05, 3.63) is 65.7 Å². The number of sulfonamides is 1. The number of halogens is 1. The summed E-state index contributed by atoms with van der Waals surface area (Å²) in [5, 5.41) is 9.17. The Kier molecular flexibility index (Phi) is 9.16. The fourth-order valence-electron chi connectivity index (χ4n) is 4.10. The molecule has 2 heterocycles. The van der Waals surface area contributed by atoms with Gasteiger partial charge in [0.1, 0.15) is 5.75 Å². The van der Waals surface area contributed by atoms with Crippen LogP contribution in [0.15, 0.2) is 65.6 Å². The van der Waals surface area contributed by atoms with Gasteiger partial charge < -0.3 is 19.3 Å². The molecule has 1 fully saturated rings. The van der Waals surface area contributed by atoms with Crippen LogP contribution in [0.3, 0.4) is 0 Å². The zero-order valence-corrected chi connectivity index (χ0v) is 22.9. The van der Waals surface area contributed by atoms with E-state index in [-0.39, 0.29) is 30.5 Å². The lowest BCUT2D eigenvalue weighted by atomic mass is 10.1. The number of rotatable bonds is 10. The van der Waals surface area contributed by atoms with Crippen LogP contribution in [0, 0.1) is 0 Å². The lowest BCUT2D eigenvalue weighted by molar-refractivity contribution is -0.131. The summed E-state index contributed by atoms with van der Waals surface area (Å²) in [4.78, 5) is 16.9. The van der Waals surface area contributed by atoms with Crippen molar-refractivity contribution in [1.82, 2.24) is 19.4 Å². The Bertz CT molecular complexity index is 1330. The molecular formula is C26H30ClN5O5S.